The van der Waals surface area contributed by atoms with Crippen molar-refractivity contribution < 1.29 is 0 Å². The zero-order valence-corrected chi connectivity index (χ0v) is 34.0. The molecule has 0 aliphatic carbocycles. The Labute approximate surface area is 337 Å². The number of rotatable bonds is 6. The van der Waals surface area contributed by atoms with Gasteiger partial charge in [-0.05, 0) is 104 Å². The topological polar surface area (TPSA) is 3.24 Å². The molecule has 0 saturated heterocycles. The second kappa shape index (κ2) is 14.2. The Kier molecular flexibility index (Phi) is 8.83. The molecule has 10 rings (SSSR count). The first-order valence-electron chi connectivity index (χ1n) is 18.7. The first-order valence-corrected chi connectivity index (χ1v) is 24.1. The van der Waals surface area contributed by atoms with Crippen molar-refractivity contribution in [3.05, 3.63) is 188 Å². The number of benzene rings is 8. The van der Waals surface area contributed by atoms with Gasteiger partial charge in [-0.15, -0.1) is 0 Å². The summed E-state index contributed by atoms with van der Waals surface area (Å²) in [5.74, 6) is 0. The van der Waals surface area contributed by atoms with E-state index in [1.165, 1.54) is 73.1 Å². The van der Waals surface area contributed by atoms with E-state index in [0.717, 1.165) is 17.1 Å². The van der Waals surface area contributed by atoms with Crippen molar-refractivity contribution in [3.63, 3.8) is 0 Å². The maximum atomic E-state index is 2.49. The van der Waals surface area contributed by atoms with Gasteiger partial charge >= 0.3 is 0 Å². The highest BCUT2D eigenvalue weighted by Crippen LogP contribution is 2.52. The Morgan fingerprint density at radius 1 is 0.327 bits per heavy atom. The summed E-state index contributed by atoms with van der Waals surface area (Å²) in [6, 6.07) is 69.3. The lowest BCUT2D eigenvalue weighted by atomic mass is 10.0. The molecule has 2 aliphatic heterocycles. The molecule has 0 fully saturated rings. The van der Waals surface area contributed by atoms with Gasteiger partial charge in [-0.1, -0.05) is 176 Å². The van der Waals surface area contributed by atoms with Gasteiger partial charge in [0.15, 0.2) is 0 Å². The fourth-order valence-corrected chi connectivity index (χ4v) is 15.9. The minimum absolute atomic E-state index is 1.12. The van der Waals surface area contributed by atoms with E-state index in [-0.39, 0.29) is 0 Å². The Balaban J connectivity index is 1.02. The van der Waals surface area contributed by atoms with E-state index < -0.39 is 8.07 Å². The third-order valence-electron chi connectivity index (χ3n) is 10.8. The van der Waals surface area contributed by atoms with E-state index in [1.54, 1.807) is 0 Å². The highest BCUT2D eigenvalue weighted by Gasteiger charge is 2.36. The van der Waals surface area contributed by atoms with Crippen LogP contribution in [0, 0.1) is 0 Å². The summed E-state index contributed by atoms with van der Waals surface area (Å²) in [5, 5.41) is 3.06. The summed E-state index contributed by atoms with van der Waals surface area (Å²) in [4.78, 5) is 10.5. The Hall–Kier alpha value is -5.17. The zero-order valence-electron chi connectivity index (χ0n) is 30.6. The normalized spacial score (nSPS) is 13.6. The van der Waals surface area contributed by atoms with E-state index in [0.29, 0.717) is 0 Å². The third-order valence-corrected chi connectivity index (χ3v) is 18.6. The van der Waals surface area contributed by atoms with Crippen LogP contribution >= 0.6 is 35.3 Å². The largest absolute Gasteiger partial charge is 0.311 e. The van der Waals surface area contributed by atoms with Gasteiger partial charge in [0.1, 0.15) is 8.07 Å². The maximum Gasteiger partial charge on any atom is 0.115 e. The number of nitrogens with zero attached hydrogens (tertiary/aromatic N) is 1. The maximum absolute atomic E-state index is 2.49. The summed E-state index contributed by atoms with van der Waals surface area (Å²) in [6.07, 6.45) is 0. The average molecular weight is 776 g/mol. The lowest BCUT2D eigenvalue weighted by molar-refractivity contribution is 1.16. The van der Waals surface area contributed by atoms with Gasteiger partial charge < -0.3 is 4.90 Å². The standard InChI is InChI=1S/C50H37NS3Si/c1-55(2)47-20-9-8-18-45(47)54-50-42(15-11-21-48(50)55)37-26-32-40(33-27-37)51(38-28-22-35(23-29-38)34-12-4-3-5-13-34)39-30-24-36(25-31-39)41-14-10-19-46-49(41)53-44-17-7-6-16-43(44)52-46/h3-33H,1-2H3. The second-order valence-electron chi connectivity index (χ2n) is 14.5. The van der Waals surface area contributed by atoms with E-state index >= 15 is 0 Å². The number of fused-ring (bicyclic) bond motifs is 4. The molecule has 8 aromatic carbocycles. The van der Waals surface area contributed by atoms with Crippen LogP contribution in [0.1, 0.15) is 0 Å². The first-order chi connectivity index (χ1) is 27.0. The van der Waals surface area contributed by atoms with Crippen LogP contribution in [-0.2, 0) is 0 Å². The summed E-state index contributed by atoms with van der Waals surface area (Å²) < 4.78 is 0. The van der Waals surface area contributed by atoms with Gasteiger partial charge in [0.25, 0.3) is 0 Å². The Morgan fingerprint density at radius 3 is 1.40 bits per heavy atom. The van der Waals surface area contributed by atoms with Gasteiger partial charge in [-0.3, -0.25) is 0 Å². The van der Waals surface area contributed by atoms with Crippen LogP contribution in [-0.4, -0.2) is 8.07 Å². The molecule has 55 heavy (non-hydrogen) atoms. The van der Waals surface area contributed by atoms with Crippen LogP contribution in [0.4, 0.5) is 17.1 Å². The van der Waals surface area contributed by atoms with E-state index in [1.807, 2.05) is 35.3 Å². The van der Waals surface area contributed by atoms with Gasteiger partial charge in [-0.2, -0.15) is 0 Å². The Bertz CT molecular complexity index is 2690. The van der Waals surface area contributed by atoms with Gasteiger partial charge in [0, 0.05) is 46.4 Å². The van der Waals surface area contributed by atoms with Crippen LogP contribution in [0.3, 0.4) is 0 Å². The molecular formula is C50H37NS3Si. The lowest BCUT2D eigenvalue weighted by Gasteiger charge is -2.34. The summed E-state index contributed by atoms with van der Waals surface area (Å²) >= 11 is 5.69. The molecule has 264 valence electrons. The summed E-state index contributed by atoms with van der Waals surface area (Å²) in [7, 11) is -1.83. The molecule has 0 spiro atoms. The average Bonchev–Trinajstić information content (AvgIpc) is 3.24. The smallest absolute Gasteiger partial charge is 0.115 e. The van der Waals surface area contributed by atoms with Crippen LogP contribution in [0.5, 0.6) is 0 Å². The van der Waals surface area contributed by atoms with Crippen molar-refractivity contribution in [2.45, 2.75) is 42.5 Å². The lowest BCUT2D eigenvalue weighted by Crippen LogP contribution is -2.56. The molecular weight excluding hydrogens is 739 g/mol. The van der Waals surface area contributed by atoms with Gasteiger partial charge in [0.2, 0.25) is 0 Å². The van der Waals surface area contributed by atoms with E-state index in [4.69, 9.17) is 0 Å². The monoisotopic (exact) mass is 775 g/mol. The van der Waals surface area contributed by atoms with Crippen molar-refractivity contribution >= 4 is 70.8 Å². The van der Waals surface area contributed by atoms with Crippen LogP contribution in [0.15, 0.2) is 217 Å². The fraction of sp³-hybridized carbons (Fsp3) is 0.0400. The zero-order chi connectivity index (χ0) is 36.9. The van der Waals surface area contributed by atoms with Crippen LogP contribution in [0.2, 0.25) is 13.1 Å². The molecule has 0 unspecified atom stereocenters. The van der Waals surface area contributed by atoms with Crippen molar-refractivity contribution in [2.24, 2.45) is 0 Å². The van der Waals surface area contributed by atoms with E-state index in [2.05, 4.69) is 206 Å². The highest BCUT2D eigenvalue weighted by atomic mass is 32.2. The first kappa shape index (κ1) is 34.3. The van der Waals surface area contributed by atoms with Crippen molar-refractivity contribution in [3.8, 4) is 33.4 Å². The van der Waals surface area contributed by atoms with Gasteiger partial charge in [0.05, 0.1) is 0 Å². The molecule has 0 bridgehead atoms. The van der Waals surface area contributed by atoms with Crippen molar-refractivity contribution in [1.29, 1.82) is 0 Å². The number of anilines is 3. The van der Waals surface area contributed by atoms with Crippen molar-refractivity contribution in [2.75, 3.05) is 4.90 Å². The van der Waals surface area contributed by atoms with Crippen molar-refractivity contribution in [1.82, 2.24) is 0 Å². The quantitative estimate of drug-likeness (QED) is 0.155. The molecule has 0 aromatic heterocycles. The molecule has 2 heterocycles. The molecule has 0 atom stereocenters. The fourth-order valence-electron chi connectivity index (χ4n) is 7.93. The molecule has 0 saturated carbocycles. The minimum Gasteiger partial charge on any atom is -0.311 e. The molecule has 2 aliphatic rings. The predicted octanol–water partition coefficient (Wildman–Crippen LogP) is 14.1. The second-order valence-corrected chi connectivity index (χ2v) is 22.0. The summed E-state index contributed by atoms with van der Waals surface area (Å²) in [6.45, 7) is 4.99. The third kappa shape index (κ3) is 6.26. The van der Waals surface area contributed by atoms with Crippen LogP contribution in [0.25, 0.3) is 33.4 Å². The Morgan fingerprint density at radius 2 is 0.764 bits per heavy atom. The highest BCUT2D eigenvalue weighted by molar-refractivity contribution is 8.05. The SMILES string of the molecule is C[Si]1(C)c2ccccc2Sc2c(-c3ccc(N(c4ccc(-c5ccccc5)cc4)c4ccc(-c5cccc6c5Sc5ccccc5S6)cc4)cc3)cccc21. The molecule has 0 radical (unpaired) electrons. The molecule has 0 N–H and O–H groups in total. The molecule has 1 nitrogen and oxygen atoms in total. The molecule has 8 aromatic rings. The molecule has 5 heteroatoms. The summed E-state index contributed by atoms with van der Waals surface area (Å²) in [5.41, 5.74) is 10.9. The predicted molar refractivity (Wildman–Crippen MR) is 239 cm³/mol. The van der Waals surface area contributed by atoms with Crippen LogP contribution < -0.4 is 15.3 Å². The number of hydrogen-bond donors (Lipinski definition) is 0. The molecule has 0 amide bonds. The number of hydrogen-bond acceptors (Lipinski definition) is 4. The van der Waals surface area contributed by atoms with Gasteiger partial charge in [-0.25, -0.2) is 0 Å². The van der Waals surface area contributed by atoms with E-state index in [9.17, 15) is 0 Å². The minimum atomic E-state index is -1.83.